The van der Waals surface area contributed by atoms with E-state index in [1.807, 2.05) is 12.1 Å². The normalized spacial score (nSPS) is 12.8. The summed E-state index contributed by atoms with van der Waals surface area (Å²) in [6.45, 7) is 1.58. The molecule has 84 valence electrons. The lowest BCUT2D eigenvalue weighted by Gasteiger charge is -1.97. The second kappa shape index (κ2) is 4.68. The van der Waals surface area contributed by atoms with Crippen LogP contribution in [-0.2, 0) is 0 Å². The molecule has 1 aromatic heterocycles. The summed E-state index contributed by atoms with van der Waals surface area (Å²) in [4.78, 5) is 4.06. The number of hydrogen-bond donors (Lipinski definition) is 1. The maximum absolute atomic E-state index is 9.27. The van der Waals surface area contributed by atoms with Crippen LogP contribution in [0.5, 0.6) is 0 Å². The van der Waals surface area contributed by atoms with Crippen LogP contribution in [0, 0.1) is 3.57 Å². The molecule has 1 heterocycles. The van der Waals surface area contributed by atoms with E-state index in [0.29, 0.717) is 10.9 Å². The fourth-order valence-electron chi connectivity index (χ4n) is 1.15. The van der Waals surface area contributed by atoms with Crippen molar-refractivity contribution in [1.82, 2.24) is 10.1 Å². The second-order valence-corrected chi connectivity index (χ2v) is 4.83. The smallest absolute Gasteiger partial charge is 0.258 e. The molecule has 0 aliphatic rings. The molecule has 1 N–H and O–H groups in total. The SMILES string of the molecule is CC(O)c1noc(-c2ccc(I)c(Cl)c2)n1. The van der Waals surface area contributed by atoms with Gasteiger partial charge in [-0.15, -0.1) is 0 Å². The minimum Gasteiger partial charge on any atom is -0.385 e. The van der Waals surface area contributed by atoms with Gasteiger partial charge in [0.25, 0.3) is 5.89 Å². The number of hydrogen-bond acceptors (Lipinski definition) is 4. The van der Waals surface area contributed by atoms with E-state index in [1.165, 1.54) is 0 Å². The van der Waals surface area contributed by atoms with Gasteiger partial charge in [0.2, 0.25) is 0 Å². The number of aromatic nitrogens is 2. The van der Waals surface area contributed by atoms with Gasteiger partial charge in [-0.1, -0.05) is 16.8 Å². The molecule has 0 saturated heterocycles. The predicted octanol–water partition coefficient (Wildman–Crippen LogP) is 3.05. The van der Waals surface area contributed by atoms with E-state index in [4.69, 9.17) is 16.1 Å². The predicted molar refractivity (Wildman–Crippen MR) is 68.1 cm³/mol. The van der Waals surface area contributed by atoms with Crippen molar-refractivity contribution >= 4 is 34.2 Å². The molecular formula is C10H8ClIN2O2. The van der Waals surface area contributed by atoms with Gasteiger partial charge in [-0.2, -0.15) is 4.98 Å². The molecule has 16 heavy (non-hydrogen) atoms. The van der Waals surface area contributed by atoms with Crippen molar-refractivity contribution in [2.45, 2.75) is 13.0 Å². The molecule has 0 fully saturated rings. The molecule has 2 rings (SSSR count). The molecule has 0 spiro atoms. The third-order valence-electron chi connectivity index (χ3n) is 1.98. The summed E-state index contributed by atoms with van der Waals surface area (Å²) in [5.74, 6) is 0.624. The molecule has 0 amide bonds. The van der Waals surface area contributed by atoms with Crippen molar-refractivity contribution in [3.8, 4) is 11.5 Å². The molecule has 0 aliphatic heterocycles. The number of nitrogens with zero attached hydrogens (tertiary/aromatic N) is 2. The first-order valence-corrected chi connectivity index (χ1v) is 6.00. The zero-order valence-electron chi connectivity index (χ0n) is 8.32. The zero-order valence-corrected chi connectivity index (χ0v) is 11.2. The lowest BCUT2D eigenvalue weighted by Crippen LogP contribution is -1.92. The molecular weight excluding hydrogens is 342 g/mol. The first-order valence-electron chi connectivity index (χ1n) is 4.55. The lowest BCUT2D eigenvalue weighted by atomic mass is 10.2. The highest BCUT2D eigenvalue weighted by atomic mass is 127. The molecule has 1 unspecified atom stereocenters. The third-order valence-corrected chi connectivity index (χ3v) is 3.55. The highest BCUT2D eigenvalue weighted by Crippen LogP contribution is 2.26. The van der Waals surface area contributed by atoms with E-state index >= 15 is 0 Å². The zero-order chi connectivity index (χ0) is 11.7. The van der Waals surface area contributed by atoms with Crippen LogP contribution < -0.4 is 0 Å². The third kappa shape index (κ3) is 2.36. The highest BCUT2D eigenvalue weighted by Gasteiger charge is 2.13. The molecule has 0 saturated carbocycles. The molecule has 6 heteroatoms. The van der Waals surface area contributed by atoms with Crippen molar-refractivity contribution < 1.29 is 9.63 Å². The Morgan fingerprint density at radius 3 is 2.81 bits per heavy atom. The summed E-state index contributed by atoms with van der Waals surface area (Å²) in [5.41, 5.74) is 0.741. The molecule has 4 nitrogen and oxygen atoms in total. The number of aliphatic hydroxyl groups is 1. The lowest BCUT2D eigenvalue weighted by molar-refractivity contribution is 0.184. The molecule has 0 radical (unpaired) electrons. The van der Waals surface area contributed by atoms with Gasteiger partial charge in [0.1, 0.15) is 6.10 Å². The van der Waals surface area contributed by atoms with E-state index in [-0.39, 0.29) is 5.82 Å². The van der Waals surface area contributed by atoms with Gasteiger partial charge in [0.05, 0.1) is 5.02 Å². The highest BCUT2D eigenvalue weighted by molar-refractivity contribution is 14.1. The van der Waals surface area contributed by atoms with Gasteiger partial charge < -0.3 is 9.63 Å². The van der Waals surface area contributed by atoms with Crippen molar-refractivity contribution in [3.63, 3.8) is 0 Å². The largest absolute Gasteiger partial charge is 0.385 e. The maximum Gasteiger partial charge on any atom is 0.258 e. The summed E-state index contributed by atoms with van der Waals surface area (Å²) < 4.78 is 5.98. The molecule has 0 bridgehead atoms. The number of halogens is 2. The summed E-state index contributed by atoms with van der Waals surface area (Å²) in [6.07, 6.45) is -0.739. The molecule has 2 aromatic rings. The number of benzene rings is 1. The quantitative estimate of drug-likeness (QED) is 0.846. The summed E-state index contributed by atoms with van der Waals surface area (Å²) in [5, 5.41) is 13.6. The fourth-order valence-corrected chi connectivity index (χ4v) is 1.67. The Morgan fingerprint density at radius 2 is 2.25 bits per heavy atom. The van der Waals surface area contributed by atoms with Crippen LogP contribution in [0.25, 0.3) is 11.5 Å². The molecule has 1 atom stereocenters. The Bertz CT molecular complexity index is 513. The van der Waals surface area contributed by atoms with Crippen LogP contribution in [0.4, 0.5) is 0 Å². The second-order valence-electron chi connectivity index (χ2n) is 3.26. The topological polar surface area (TPSA) is 59.2 Å². The van der Waals surface area contributed by atoms with Crippen LogP contribution in [0.3, 0.4) is 0 Å². The van der Waals surface area contributed by atoms with Crippen molar-refractivity contribution in [3.05, 3.63) is 32.6 Å². The van der Waals surface area contributed by atoms with Gasteiger partial charge in [0, 0.05) is 9.13 Å². The van der Waals surface area contributed by atoms with Crippen molar-refractivity contribution in [1.29, 1.82) is 0 Å². The summed E-state index contributed by atoms with van der Waals surface area (Å²) in [7, 11) is 0. The van der Waals surface area contributed by atoms with E-state index in [2.05, 4.69) is 32.7 Å². The number of rotatable bonds is 2. The maximum atomic E-state index is 9.27. The van der Waals surface area contributed by atoms with Crippen LogP contribution in [0.15, 0.2) is 22.7 Å². The Balaban J connectivity index is 2.39. The Morgan fingerprint density at radius 1 is 1.50 bits per heavy atom. The minimum absolute atomic E-state index is 0.268. The fraction of sp³-hybridized carbons (Fsp3) is 0.200. The molecule has 0 aliphatic carbocycles. The standard InChI is InChI=1S/C10H8ClIN2O2/c1-5(15)9-13-10(16-14-9)6-2-3-8(12)7(11)4-6/h2-5,15H,1H3. The van der Waals surface area contributed by atoms with Gasteiger partial charge in [-0.25, -0.2) is 0 Å². The van der Waals surface area contributed by atoms with E-state index in [0.717, 1.165) is 9.13 Å². The number of aliphatic hydroxyl groups excluding tert-OH is 1. The Hall–Kier alpha value is -0.660. The Labute approximate surface area is 111 Å². The van der Waals surface area contributed by atoms with E-state index < -0.39 is 6.10 Å². The first-order chi connectivity index (χ1) is 7.58. The van der Waals surface area contributed by atoms with E-state index in [9.17, 15) is 5.11 Å². The van der Waals surface area contributed by atoms with Gasteiger partial charge in [-0.05, 0) is 47.7 Å². The van der Waals surface area contributed by atoms with Crippen LogP contribution in [-0.4, -0.2) is 15.2 Å². The van der Waals surface area contributed by atoms with E-state index in [1.54, 1.807) is 13.0 Å². The summed E-state index contributed by atoms with van der Waals surface area (Å²) in [6, 6.07) is 5.46. The van der Waals surface area contributed by atoms with Crippen LogP contribution in [0.2, 0.25) is 5.02 Å². The van der Waals surface area contributed by atoms with Crippen molar-refractivity contribution in [2.24, 2.45) is 0 Å². The van der Waals surface area contributed by atoms with Crippen LogP contribution in [0.1, 0.15) is 18.9 Å². The first kappa shape index (κ1) is 11.8. The summed E-state index contributed by atoms with van der Waals surface area (Å²) >= 11 is 8.12. The Kier molecular flexibility index (Phi) is 3.46. The monoisotopic (exact) mass is 350 g/mol. The van der Waals surface area contributed by atoms with Gasteiger partial charge in [0.15, 0.2) is 5.82 Å². The van der Waals surface area contributed by atoms with Gasteiger partial charge >= 0.3 is 0 Å². The van der Waals surface area contributed by atoms with Crippen molar-refractivity contribution in [2.75, 3.05) is 0 Å². The average Bonchev–Trinajstić information content (AvgIpc) is 2.71. The van der Waals surface area contributed by atoms with Crippen LogP contribution >= 0.6 is 34.2 Å². The minimum atomic E-state index is -0.739. The van der Waals surface area contributed by atoms with Gasteiger partial charge in [-0.3, -0.25) is 0 Å². The molecule has 1 aromatic carbocycles. The average molecular weight is 351 g/mol.